The quantitative estimate of drug-likeness (QED) is 0.871. The molecule has 0 aliphatic heterocycles. The van der Waals surface area contributed by atoms with Gasteiger partial charge in [-0.2, -0.15) is 0 Å². The minimum atomic E-state index is -3.22. The van der Waals surface area contributed by atoms with Crippen LogP contribution in [0.15, 0.2) is 24.3 Å². The summed E-state index contributed by atoms with van der Waals surface area (Å²) in [5.74, 6) is -0.169. The molecule has 1 aromatic carbocycles. The molecule has 1 aliphatic carbocycles. The fourth-order valence-corrected chi connectivity index (χ4v) is 4.97. The van der Waals surface area contributed by atoms with Crippen LogP contribution in [0.1, 0.15) is 25.3 Å². The van der Waals surface area contributed by atoms with Crippen molar-refractivity contribution in [1.29, 1.82) is 0 Å². The average Bonchev–Trinajstić information content (AvgIpc) is 3.04. The van der Waals surface area contributed by atoms with Crippen molar-refractivity contribution in [2.45, 2.75) is 30.6 Å². The van der Waals surface area contributed by atoms with Crippen molar-refractivity contribution in [2.75, 3.05) is 19.0 Å². The number of sulfone groups is 1. The number of ether oxygens (including phenoxy) is 1. The summed E-state index contributed by atoms with van der Waals surface area (Å²) < 4.78 is 29.9. The summed E-state index contributed by atoms with van der Waals surface area (Å²) in [7, 11) is -3.22. The second-order valence-corrected chi connectivity index (χ2v) is 8.00. The summed E-state index contributed by atoms with van der Waals surface area (Å²) in [5.41, 5.74) is 6.33. The Kier molecular flexibility index (Phi) is 4.44. The first-order chi connectivity index (χ1) is 9.36. The first-order valence-corrected chi connectivity index (χ1v) is 8.79. The molecule has 3 atom stereocenters. The Bertz CT molecular complexity index is 590. The molecule has 0 saturated heterocycles. The Morgan fingerprint density at radius 1 is 1.40 bits per heavy atom. The SMILES string of the molecule is CCOC[C@@]1(N)[C@H](c2cccc(Cl)c2)[C@@H]1S(=O)(=O)CC. The van der Waals surface area contributed by atoms with Crippen LogP contribution in [0.5, 0.6) is 0 Å². The minimum Gasteiger partial charge on any atom is -0.380 e. The summed E-state index contributed by atoms with van der Waals surface area (Å²) in [5, 5.41) is -0.00850. The predicted molar refractivity (Wildman–Crippen MR) is 80.9 cm³/mol. The molecule has 0 aromatic heterocycles. The van der Waals surface area contributed by atoms with E-state index in [1.165, 1.54) is 0 Å². The fraction of sp³-hybridized carbons (Fsp3) is 0.571. The first kappa shape index (κ1) is 15.8. The summed E-state index contributed by atoms with van der Waals surface area (Å²) >= 11 is 5.99. The first-order valence-electron chi connectivity index (χ1n) is 6.70. The second-order valence-electron chi connectivity index (χ2n) is 5.15. The van der Waals surface area contributed by atoms with Crippen molar-refractivity contribution in [2.24, 2.45) is 5.73 Å². The lowest BCUT2D eigenvalue weighted by atomic mass is 10.1. The van der Waals surface area contributed by atoms with E-state index in [2.05, 4.69) is 0 Å². The van der Waals surface area contributed by atoms with Gasteiger partial charge < -0.3 is 10.5 Å². The molecule has 0 amide bonds. The number of rotatable bonds is 6. The number of benzene rings is 1. The zero-order valence-corrected chi connectivity index (χ0v) is 13.2. The Labute approximate surface area is 125 Å². The lowest BCUT2D eigenvalue weighted by molar-refractivity contribution is 0.125. The highest BCUT2D eigenvalue weighted by Crippen LogP contribution is 2.54. The molecule has 20 heavy (non-hydrogen) atoms. The third-order valence-electron chi connectivity index (χ3n) is 3.86. The van der Waals surface area contributed by atoms with Crippen LogP contribution >= 0.6 is 11.6 Å². The molecule has 6 heteroatoms. The average molecular weight is 318 g/mol. The molecular formula is C14H20ClNO3S. The maximum Gasteiger partial charge on any atom is 0.155 e. The van der Waals surface area contributed by atoms with E-state index in [0.717, 1.165) is 5.56 Å². The molecule has 4 nitrogen and oxygen atoms in total. The van der Waals surface area contributed by atoms with Gasteiger partial charge in [0.2, 0.25) is 0 Å². The number of nitrogens with two attached hydrogens (primary N) is 1. The molecule has 112 valence electrons. The smallest absolute Gasteiger partial charge is 0.155 e. The predicted octanol–water partition coefficient (Wildman–Crippen LogP) is 1.97. The van der Waals surface area contributed by atoms with Crippen LogP contribution in [-0.4, -0.2) is 38.2 Å². The monoisotopic (exact) mass is 317 g/mol. The standard InChI is InChI=1S/C14H20ClNO3S/c1-3-19-9-14(16)12(13(14)20(17,18)4-2)10-6-5-7-11(15)8-10/h5-8,12-13H,3-4,9,16H2,1-2H3/t12-,13+,14-/m1/s1. The van der Waals surface area contributed by atoms with E-state index in [9.17, 15) is 8.42 Å². The Morgan fingerprint density at radius 3 is 2.65 bits per heavy atom. The van der Waals surface area contributed by atoms with Gasteiger partial charge >= 0.3 is 0 Å². The fourth-order valence-electron chi connectivity index (χ4n) is 2.78. The van der Waals surface area contributed by atoms with E-state index in [1.54, 1.807) is 19.1 Å². The minimum absolute atomic E-state index is 0.0831. The van der Waals surface area contributed by atoms with Crippen LogP contribution in [0.3, 0.4) is 0 Å². The lowest BCUT2D eigenvalue weighted by Gasteiger charge is -2.12. The third kappa shape index (κ3) is 2.72. The summed E-state index contributed by atoms with van der Waals surface area (Å²) in [6.07, 6.45) is 0. The summed E-state index contributed by atoms with van der Waals surface area (Å²) in [4.78, 5) is 0. The number of hydrogen-bond donors (Lipinski definition) is 1. The van der Waals surface area contributed by atoms with Gasteiger partial charge in [0.15, 0.2) is 9.84 Å². The molecule has 2 rings (SSSR count). The summed E-state index contributed by atoms with van der Waals surface area (Å²) in [6, 6.07) is 7.23. The maximum absolute atomic E-state index is 12.2. The van der Waals surface area contributed by atoms with Crippen molar-refractivity contribution in [3.63, 3.8) is 0 Å². The van der Waals surface area contributed by atoms with Crippen LogP contribution in [-0.2, 0) is 14.6 Å². The summed E-state index contributed by atoms with van der Waals surface area (Å²) in [6.45, 7) is 4.26. The number of hydrogen-bond acceptors (Lipinski definition) is 4. The molecular weight excluding hydrogens is 298 g/mol. The van der Waals surface area contributed by atoms with Gasteiger partial charge in [-0.05, 0) is 24.6 Å². The van der Waals surface area contributed by atoms with E-state index in [0.29, 0.717) is 11.6 Å². The van der Waals surface area contributed by atoms with Gasteiger partial charge in [0, 0.05) is 23.3 Å². The van der Waals surface area contributed by atoms with Crippen molar-refractivity contribution in [1.82, 2.24) is 0 Å². The van der Waals surface area contributed by atoms with Crippen LogP contribution in [0.2, 0.25) is 5.02 Å². The van der Waals surface area contributed by atoms with Crippen molar-refractivity contribution in [3.8, 4) is 0 Å². The van der Waals surface area contributed by atoms with Gasteiger partial charge in [0.1, 0.15) is 0 Å². The number of halogens is 1. The van der Waals surface area contributed by atoms with Crippen LogP contribution in [0.25, 0.3) is 0 Å². The van der Waals surface area contributed by atoms with Gasteiger partial charge in [-0.1, -0.05) is 30.7 Å². The molecule has 0 spiro atoms. The van der Waals surface area contributed by atoms with Gasteiger partial charge in [-0.3, -0.25) is 0 Å². The van der Waals surface area contributed by atoms with Gasteiger partial charge in [-0.25, -0.2) is 8.42 Å². The van der Waals surface area contributed by atoms with E-state index < -0.39 is 20.6 Å². The molecule has 1 saturated carbocycles. The van der Waals surface area contributed by atoms with E-state index >= 15 is 0 Å². The molecule has 2 N–H and O–H groups in total. The Hall–Kier alpha value is -0.620. The van der Waals surface area contributed by atoms with Gasteiger partial charge in [0.05, 0.1) is 17.4 Å². The second kappa shape index (κ2) is 5.64. The molecule has 0 heterocycles. The molecule has 0 unspecified atom stereocenters. The molecule has 0 bridgehead atoms. The van der Waals surface area contributed by atoms with E-state index in [1.807, 2.05) is 19.1 Å². The maximum atomic E-state index is 12.2. The Balaban J connectivity index is 2.35. The van der Waals surface area contributed by atoms with E-state index in [4.69, 9.17) is 22.1 Å². The van der Waals surface area contributed by atoms with Crippen LogP contribution in [0.4, 0.5) is 0 Å². The van der Waals surface area contributed by atoms with Crippen LogP contribution in [0, 0.1) is 0 Å². The Morgan fingerprint density at radius 2 is 2.10 bits per heavy atom. The normalized spacial score (nSPS) is 29.4. The topological polar surface area (TPSA) is 69.4 Å². The highest BCUT2D eigenvalue weighted by atomic mass is 35.5. The highest BCUT2D eigenvalue weighted by molar-refractivity contribution is 7.92. The molecule has 1 aliphatic rings. The zero-order chi connectivity index (χ0) is 15.0. The highest BCUT2D eigenvalue weighted by Gasteiger charge is 2.68. The van der Waals surface area contributed by atoms with Crippen molar-refractivity contribution < 1.29 is 13.2 Å². The zero-order valence-electron chi connectivity index (χ0n) is 11.7. The van der Waals surface area contributed by atoms with Crippen LogP contribution < -0.4 is 5.73 Å². The van der Waals surface area contributed by atoms with Gasteiger partial charge in [-0.15, -0.1) is 0 Å². The molecule has 1 fully saturated rings. The van der Waals surface area contributed by atoms with Crippen molar-refractivity contribution >= 4 is 21.4 Å². The van der Waals surface area contributed by atoms with Gasteiger partial charge in [0.25, 0.3) is 0 Å². The lowest BCUT2D eigenvalue weighted by Crippen LogP contribution is -2.36. The van der Waals surface area contributed by atoms with E-state index in [-0.39, 0.29) is 18.3 Å². The molecule has 0 radical (unpaired) electrons. The third-order valence-corrected chi connectivity index (χ3v) is 6.38. The largest absolute Gasteiger partial charge is 0.380 e. The van der Waals surface area contributed by atoms with Crippen molar-refractivity contribution in [3.05, 3.63) is 34.9 Å². The molecule has 1 aromatic rings.